The Labute approximate surface area is 175 Å². The van der Waals surface area contributed by atoms with Gasteiger partial charge in [-0.2, -0.15) is 0 Å². The molecule has 1 unspecified atom stereocenters. The fourth-order valence-electron chi connectivity index (χ4n) is 3.80. The molecular formula is C22H25N5O3. The number of aryl methyl sites for hydroxylation is 1. The molecular weight excluding hydrogens is 382 g/mol. The van der Waals surface area contributed by atoms with Crippen LogP contribution in [0, 0.1) is 0 Å². The van der Waals surface area contributed by atoms with Crippen molar-refractivity contribution in [1.82, 2.24) is 25.1 Å². The van der Waals surface area contributed by atoms with E-state index in [0.717, 1.165) is 48.6 Å². The molecule has 1 aliphatic rings. The van der Waals surface area contributed by atoms with Gasteiger partial charge in [-0.15, -0.1) is 10.2 Å². The van der Waals surface area contributed by atoms with Crippen molar-refractivity contribution in [3.8, 4) is 22.9 Å². The number of benzene rings is 1. The number of hydrogen-bond donors (Lipinski definition) is 1. The molecule has 8 heteroatoms. The first-order chi connectivity index (χ1) is 14.7. The van der Waals surface area contributed by atoms with Crippen LogP contribution in [0.5, 0.6) is 11.5 Å². The molecule has 0 bridgehead atoms. The van der Waals surface area contributed by atoms with Crippen LogP contribution >= 0.6 is 0 Å². The van der Waals surface area contributed by atoms with Gasteiger partial charge in [-0.3, -0.25) is 9.78 Å². The molecule has 1 atom stereocenters. The van der Waals surface area contributed by atoms with E-state index in [0.29, 0.717) is 17.9 Å². The lowest BCUT2D eigenvalue weighted by atomic mass is 10.1. The monoisotopic (exact) mass is 407 g/mol. The summed E-state index contributed by atoms with van der Waals surface area (Å²) in [6.45, 7) is 0.758. The van der Waals surface area contributed by atoms with E-state index in [1.54, 1.807) is 26.6 Å². The van der Waals surface area contributed by atoms with E-state index >= 15 is 0 Å². The van der Waals surface area contributed by atoms with Crippen LogP contribution in [0.3, 0.4) is 0 Å². The largest absolute Gasteiger partial charge is 0.493 e. The second kappa shape index (κ2) is 8.94. The summed E-state index contributed by atoms with van der Waals surface area (Å²) in [5.74, 6) is 3.05. The Bertz CT molecular complexity index is 1020. The molecule has 2 aromatic heterocycles. The zero-order chi connectivity index (χ0) is 20.9. The van der Waals surface area contributed by atoms with Gasteiger partial charge in [0.2, 0.25) is 5.91 Å². The van der Waals surface area contributed by atoms with E-state index in [2.05, 4.69) is 25.1 Å². The minimum Gasteiger partial charge on any atom is -0.493 e. The minimum absolute atomic E-state index is 0.00244. The average molecular weight is 407 g/mol. The van der Waals surface area contributed by atoms with Gasteiger partial charge in [0.05, 0.1) is 20.6 Å². The second-order valence-corrected chi connectivity index (χ2v) is 7.29. The number of amides is 1. The fourth-order valence-corrected chi connectivity index (χ4v) is 3.80. The quantitative estimate of drug-likeness (QED) is 0.675. The van der Waals surface area contributed by atoms with Crippen molar-refractivity contribution in [3.05, 3.63) is 54.1 Å². The third-order valence-corrected chi connectivity index (χ3v) is 5.34. The van der Waals surface area contributed by atoms with Gasteiger partial charge < -0.3 is 19.4 Å². The third-order valence-electron chi connectivity index (χ3n) is 5.34. The van der Waals surface area contributed by atoms with Gasteiger partial charge in [0, 0.05) is 37.0 Å². The molecule has 0 aliphatic carbocycles. The van der Waals surface area contributed by atoms with Gasteiger partial charge in [-0.25, -0.2) is 0 Å². The molecule has 1 aliphatic heterocycles. The van der Waals surface area contributed by atoms with Crippen LogP contribution in [0.4, 0.5) is 0 Å². The molecule has 0 fully saturated rings. The van der Waals surface area contributed by atoms with Gasteiger partial charge in [0.15, 0.2) is 17.3 Å². The molecule has 3 heterocycles. The van der Waals surface area contributed by atoms with Crippen molar-refractivity contribution in [2.45, 2.75) is 38.3 Å². The molecule has 3 aromatic rings. The fraction of sp³-hybridized carbons (Fsp3) is 0.364. The van der Waals surface area contributed by atoms with Crippen molar-refractivity contribution in [1.29, 1.82) is 0 Å². The molecule has 8 nitrogen and oxygen atoms in total. The smallest absolute Gasteiger partial charge is 0.224 e. The molecule has 0 spiro atoms. The van der Waals surface area contributed by atoms with Gasteiger partial charge >= 0.3 is 0 Å². The number of fused-ring (bicyclic) bond motifs is 1. The van der Waals surface area contributed by atoms with E-state index in [1.807, 2.05) is 30.3 Å². The van der Waals surface area contributed by atoms with E-state index < -0.39 is 0 Å². The Morgan fingerprint density at radius 2 is 2.03 bits per heavy atom. The minimum atomic E-state index is -0.00244. The summed E-state index contributed by atoms with van der Waals surface area (Å²) in [5.41, 5.74) is 1.84. The van der Waals surface area contributed by atoms with Crippen LogP contribution in [-0.2, 0) is 24.2 Å². The van der Waals surface area contributed by atoms with E-state index in [4.69, 9.17) is 9.47 Å². The van der Waals surface area contributed by atoms with Crippen molar-refractivity contribution < 1.29 is 14.3 Å². The number of nitrogens with zero attached hydrogens (tertiary/aromatic N) is 4. The first kappa shape index (κ1) is 19.9. The summed E-state index contributed by atoms with van der Waals surface area (Å²) >= 11 is 0. The molecule has 156 valence electrons. The van der Waals surface area contributed by atoms with Gasteiger partial charge in [-0.1, -0.05) is 6.07 Å². The predicted octanol–water partition coefficient (Wildman–Crippen LogP) is 2.42. The summed E-state index contributed by atoms with van der Waals surface area (Å²) in [7, 11) is 3.18. The molecule has 1 aromatic carbocycles. The highest BCUT2D eigenvalue weighted by atomic mass is 16.5. The van der Waals surface area contributed by atoms with Crippen molar-refractivity contribution >= 4 is 5.91 Å². The van der Waals surface area contributed by atoms with Crippen molar-refractivity contribution in [3.63, 3.8) is 0 Å². The highest BCUT2D eigenvalue weighted by Crippen LogP contribution is 2.28. The third kappa shape index (κ3) is 4.27. The van der Waals surface area contributed by atoms with Crippen molar-refractivity contribution in [2.75, 3.05) is 14.2 Å². The van der Waals surface area contributed by atoms with Crippen LogP contribution in [0.2, 0.25) is 0 Å². The van der Waals surface area contributed by atoms with Crippen LogP contribution in [0.25, 0.3) is 11.4 Å². The predicted molar refractivity (Wildman–Crippen MR) is 111 cm³/mol. The van der Waals surface area contributed by atoms with Crippen LogP contribution in [0.15, 0.2) is 42.7 Å². The first-order valence-corrected chi connectivity index (χ1v) is 10.0. The standard InChI is InChI=1S/C22H25N5O3/c1-29-18-7-5-15(12-19(18)30-2)13-21(28)24-17-6-8-20-25-26-22(27(20)11-9-17)16-4-3-10-23-14-16/h3-5,7,10,12,14,17H,6,8-9,11,13H2,1-2H3,(H,24,28). The Morgan fingerprint density at radius 1 is 1.17 bits per heavy atom. The summed E-state index contributed by atoms with van der Waals surface area (Å²) in [4.78, 5) is 16.8. The SMILES string of the molecule is COc1ccc(CC(=O)NC2CCc3nnc(-c4cccnc4)n3CC2)cc1OC. The zero-order valence-corrected chi connectivity index (χ0v) is 17.2. The molecule has 0 saturated carbocycles. The summed E-state index contributed by atoms with van der Waals surface area (Å²) in [6, 6.07) is 9.52. The Morgan fingerprint density at radius 3 is 2.80 bits per heavy atom. The number of carbonyl (C=O) groups excluding carboxylic acids is 1. The average Bonchev–Trinajstić information content (AvgIpc) is 3.08. The van der Waals surface area contributed by atoms with Crippen molar-refractivity contribution in [2.24, 2.45) is 0 Å². The Hall–Kier alpha value is -3.42. The molecule has 0 radical (unpaired) electrons. The molecule has 0 saturated heterocycles. The lowest BCUT2D eigenvalue weighted by Crippen LogP contribution is -2.36. The highest BCUT2D eigenvalue weighted by Gasteiger charge is 2.22. The van der Waals surface area contributed by atoms with Crippen LogP contribution < -0.4 is 14.8 Å². The zero-order valence-electron chi connectivity index (χ0n) is 17.2. The maximum atomic E-state index is 12.6. The number of rotatable bonds is 6. The lowest BCUT2D eigenvalue weighted by Gasteiger charge is -2.16. The molecule has 1 N–H and O–H groups in total. The number of pyridine rings is 1. The van der Waals surface area contributed by atoms with E-state index in [-0.39, 0.29) is 11.9 Å². The summed E-state index contributed by atoms with van der Waals surface area (Å²) < 4.78 is 12.7. The molecule has 1 amide bonds. The number of hydrogen-bond acceptors (Lipinski definition) is 6. The van der Waals surface area contributed by atoms with Crippen LogP contribution in [-0.4, -0.2) is 45.9 Å². The van der Waals surface area contributed by atoms with Crippen LogP contribution in [0.1, 0.15) is 24.2 Å². The van der Waals surface area contributed by atoms with Gasteiger partial charge in [0.1, 0.15) is 5.82 Å². The summed E-state index contributed by atoms with van der Waals surface area (Å²) in [5, 5.41) is 11.9. The van der Waals surface area contributed by atoms with Gasteiger partial charge in [-0.05, 0) is 42.7 Å². The Kier molecular flexibility index (Phi) is 5.92. The molecule has 30 heavy (non-hydrogen) atoms. The number of aromatic nitrogens is 4. The maximum absolute atomic E-state index is 12.6. The second-order valence-electron chi connectivity index (χ2n) is 7.29. The first-order valence-electron chi connectivity index (χ1n) is 10.0. The summed E-state index contributed by atoms with van der Waals surface area (Å²) in [6.07, 6.45) is 6.27. The Balaban J connectivity index is 1.38. The highest BCUT2D eigenvalue weighted by molar-refractivity contribution is 5.79. The number of carbonyl (C=O) groups is 1. The normalized spacial score (nSPS) is 15.7. The van der Waals surface area contributed by atoms with E-state index in [9.17, 15) is 4.79 Å². The van der Waals surface area contributed by atoms with E-state index in [1.165, 1.54) is 0 Å². The number of methoxy groups -OCH3 is 2. The topological polar surface area (TPSA) is 91.2 Å². The number of nitrogens with one attached hydrogen (secondary N) is 1. The molecule has 4 rings (SSSR count). The maximum Gasteiger partial charge on any atom is 0.224 e. The number of ether oxygens (including phenoxy) is 2. The lowest BCUT2D eigenvalue weighted by molar-refractivity contribution is -0.121. The van der Waals surface area contributed by atoms with Gasteiger partial charge in [0.25, 0.3) is 0 Å².